The minimum atomic E-state index is -0.454. The van der Waals surface area contributed by atoms with Gasteiger partial charge in [-0.1, -0.05) is 60.7 Å². The molecule has 0 bridgehead atoms. The van der Waals surface area contributed by atoms with Crippen LogP contribution in [0.15, 0.2) is 65.7 Å². The van der Waals surface area contributed by atoms with Gasteiger partial charge >= 0.3 is 5.97 Å². The summed E-state index contributed by atoms with van der Waals surface area (Å²) >= 11 is 1.93. The minimum absolute atomic E-state index is 0.279. The van der Waals surface area contributed by atoms with Crippen LogP contribution in [0.1, 0.15) is 24.0 Å². The Kier molecular flexibility index (Phi) is 8.84. The summed E-state index contributed by atoms with van der Waals surface area (Å²) < 4.78 is 4.87. The number of carbonyl (C=O) groups is 1. The van der Waals surface area contributed by atoms with E-state index in [1.54, 1.807) is 0 Å². The normalized spacial score (nSPS) is 12.2. The molecule has 0 radical (unpaired) electrons. The number of benzene rings is 2. The average Bonchev–Trinajstić information content (AvgIpc) is 2.67. The van der Waals surface area contributed by atoms with E-state index in [4.69, 9.17) is 4.74 Å². The van der Waals surface area contributed by atoms with Gasteiger partial charge in [0.15, 0.2) is 6.04 Å². The molecule has 0 aromatic heterocycles. The van der Waals surface area contributed by atoms with Gasteiger partial charge in [0.25, 0.3) is 0 Å². The maximum absolute atomic E-state index is 11.9. The Morgan fingerprint density at radius 2 is 1.72 bits per heavy atom. The Morgan fingerprint density at radius 3 is 2.36 bits per heavy atom. The van der Waals surface area contributed by atoms with Crippen molar-refractivity contribution in [2.24, 2.45) is 4.99 Å². The molecule has 0 N–H and O–H groups in total. The number of ether oxygens (including phenoxy) is 1. The highest BCUT2D eigenvalue weighted by molar-refractivity contribution is 7.98. The van der Waals surface area contributed by atoms with E-state index in [-0.39, 0.29) is 5.97 Å². The molecule has 1 unspecified atom stereocenters. The quantitative estimate of drug-likeness (QED) is 0.356. The van der Waals surface area contributed by atoms with Crippen molar-refractivity contribution < 1.29 is 9.53 Å². The Hall–Kier alpha value is -2.07. The molecule has 0 fully saturated rings. The summed E-state index contributed by atoms with van der Waals surface area (Å²) in [4.78, 5) is 16.3. The predicted molar refractivity (Wildman–Crippen MR) is 106 cm³/mol. The lowest BCUT2D eigenvalue weighted by atomic mass is 10.1. The van der Waals surface area contributed by atoms with Crippen LogP contribution >= 0.6 is 11.8 Å². The summed E-state index contributed by atoms with van der Waals surface area (Å²) in [5.41, 5.74) is 2.45. The monoisotopic (exact) mass is 355 g/mol. The Balaban J connectivity index is 1.70. The third kappa shape index (κ3) is 7.57. The molecule has 0 aliphatic rings. The van der Waals surface area contributed by atoms with Gasteiger partial charge in [-0.05, 0) is 35.9 Å². The van der Waals surface area contributed by atoms with Crippen molar-refractivity contribution in [1.29, 1.82) is 0 Å². The molecule has 0 amide bonds. The zero-order valence-corrected chi connectivity index (χ0v) is 15.5. The second-order valence-corrected chi connectivity index (χ2v) is 6.85. The summed E-state index contributed by atoms with van der Waals surface area (Å²) in [5, 5.41) is 0. The van der Waals surface area contributed by atoms with Crippen LogP contribution in [0, 0.1) is 0 Å². The summed E-state index contributed by atoms with van der Waals surface area (Å²) in [7, 11) is 1.41. The average molecular weight is 356 g/mol. The molecule has 1 atom stereocenters. The van der Waals surface area contributed by atoms with E-state index in [2.05, 4.69) is 29.3 Å². The summed E-state index contributed by atoms with van der Waals surface area (Å²) in [5.74, 6) is 1.85. The van der Waals surface area contributed by atoms with Gasteiger partial charge in [-0.15, -0.1) is 0 Å². The van der Waals surface area contributed by atoms with Crippen molar-refractivity contribution in [3.63, 3.8) is 0 Å². The molecular formula is C21H25NO2S. The number of nitrogens with zero attached hydrogens (tertiary/aromatic N) is 1. The molecule has 25 heavy (non-hydrogen) atoms. The van der Waals surface area contributed by atoms with E-state index in [0.717, 1.165) is 29.9 Å². The Labute approximate surface area is 154 Å². The van der Waals surface area contributed by atoms with Crippen LogP contribution in [0.3, 0.4) is 0 Å². The molecule has 4 heteroatoms. The highest BCUT2D eigenvalue weighted by Gasteiger charge is 2.17. The van der Waals surface area contributed by atoms with Gasteiger partial charge in [-0.25, -0.2) is 4.79 Å². The molecule has 0 spiro atoms. The van der Waals surface area contributed by atoms with Gasteiger partial charge in [0.1, 0.15) is 0 Å². The lowest BCUT2D eigenvalue weighted by Gasteiger charge is -2.10. The van der Waals surface area contributed by atoms with Crippen LogP contribution in [0.2, 0.25) is 0 Å². The summed E-state index contributed by atoms with van der Waals surface area (Å²) in [6.45, 7) is 0. The summed E-state index contributed by atoms with van der Waals surface area (Å²) in [6.07, 6.45) is 4.38. The first kappa shape index (κ1) is 19.3. The van der Waals surface area contributed by atoms with Crippen molar-refractivity contribution in [3.05, 3.63) is 71.8 Å². The standard InChI is InChI=1S/C21H25NO2S/c1-24-21(23)20(16-18-10-4-2-5-11-18)22-14-8-9-15-25-17-19-12-6-3-7-13-19/h2-7,10-14,20H,8-9,15-17H2,1H3. The zero-order valence-electron chi connectivity index (χ0n) is 14.6. The van der Waals surface area contributed by atoms with Crippen LogP contribution in [0.4, 0.5) is 0 Å². The van der Waals surface area contributed by atoms with Gasteiger partial charge in [0, 0.05) is 12.2 Å². The highest BCUT2D eigenvalue weighted by Crippen LogP contribution is 2.13. The fourth-order valence-corrected chi connectivity index (χ4v) is 3.36. The molecule has 2 aromatic rings. The fraction of sp³-hybridized carbons (Fsp3) is 0.333. The lowest BCUT2D eigenvalue weighted by Crippen LogP contribution is -2.23. The van der Waals surface area contributed by atoms with E-state index < -0.39 is 6.04 Å². The molecule has 0 saturated carbocycles. The number of unbranched alkanes of at least 4 members (excludes halogenated alkanes) is 1. The molecule has 2 rings (SSSR count). The number of hydrogen-bond donors (Lipinski definition) is 0. The van der Waals surface area contributed by atoms with Gasteiger partial charge in [-0.2, -0.15) is 11.8 Å². The van der Waals surface area contributed by atoms with Gasteiger partial charge in [-0.3, -0.25) is 4.99 Å². The van der Waals surface area contributed by atoms with Crippen molar-refractivity contribution >= 4 is 23.9 Å². The Morgan fingerprint density at radius 1 is 1.08 bits per heavy atom. The van der Waals surface area contributed by atoms with Crippen molar-refractivity contribution in [3.8, 4) is 0 Å². The molecule has 0 heterocycles. The van der Waals surface area contributed by atoms with E-state index in [0.29, 0.717) is 6.42 Å². The number of esters is 1. The zero-order chi connectivity index (χ0) is 17.7. The highest BCUT2D eigenvalue weighted by atomic mass is 32.2. The molecule has 3 nitrogen and oxygen atoms in total. The maximum Gasteiger partial charge on any atom is 0.330 e. The third-order valence-corrected chi connectivity index (χ3v) is 4.88. The lowest BCUT2D eigenvalue weighted by molar-refractivity contribution is -0.142. The van der Waals surface area contributed by atoms with Crippen LogP contribution < -0.4 is 0 Å². The first-order valence-electron chi connectivity index (χ1n) is 8.54. The second-order valence-electron chi connectivity index (χ2n) is 5.74. The van der Waals surface area contributed by atoms with E-state index in [1.165, 1.54) is 12.7 Å². The van der Waals surface area contributed by atoms with E-state index >= 15 is 0 Å². The topological polar surface area (TPSA) is 38.7 Å². The van der Waals surface area contributed by atoms with Crippen molar-refractivity contribution in [2.75, 3.05) is 12.9 Å². The van der Waals surface area contributed by atoms with E-state index in [1.807, 2.05) is 54.4 Å². The van der Waals surface area contributed by atoms with Crippen LogP contribution in [-0.4, -0.2) is 31.1 Å². The summed E-state index contributed by atoms with van der Waals surface area (Å²) in [6, 6.07) is 19.9. The SMILES string of the molecule is COC(=O)C(Cc1ccccc1)N=CCCCSCc1ccccc1. The number of rotatable bonds is 10. The smallest absolute Gasteiger partial charge is 0.330 e. The van der Waals surface area contributed by atoms with Crippen molar-refractivity contribution in [2.45, 2.75) is 31.1 Å². The third-order valence-electron chi connectivity index (χ3n) is 3.76. The maximum atomic E-state index is 11.9. The molecule has 0 saturated heterocycles. The van der Waals surface area contributed by atoms with Crippen LogP contribution in [-0.2, 0) is 21.7 Å². The first-order valence-corrected chi connectivity index (χ1v) is 9.70. The predicted octanol–water partition coefficient (Wildman–Crippen LogP) is 4.56. The number of carbonyl (C=O) groups excluding carboxylic acids is 1. The van der Waals surface area contributed by atoms with Gasteiger partial charge in [0.05, 0.1) is 7.11 Å². The van der Waals surface area contributed by atoms with E-state index in [9.17, 15) is 4.79 Å². The number of thioether (sulfide) groups is 1. The molecule has 0 aliphatic heterocycles. The molecule has 2 aromatic carbocycles. The minimum Gasteiger partial charge on any atom is -0.467 e. The van der Waals surface area contributed by atoms with Crippen molar-refractivity contribution in [1.82, 2.24) is 0 Å². The number of aliphatic imine (C=N–C) groups is 1. The molecule has 0 aliphatic carbocycles. The number of hydrogen-bond acceptors (Lipinski definition) is 4. The molecule has 132 valence electrons. The largest absolute Gasteiger partial charge is 0.467 e. The Bertz CT molecular complexity index is 643. The molecular weight excluding hydrogens is 330 g/mol. The first-order chi connectivity index (χ1) is 12.3. The second kappa shape index (κ2) is 11.5. The van der Waals surface area contributed by atoms with Crippen LogP contribution in [0.5, 0.6) is 0 Å². The van der Waals surface area contributed by atoms with Crippen LogP contribution in [0.25, 0.3) is 0 Å². The fourth-order valence-electron chi connectivity index (χ4n) is 2.41. The van der Waals surface area contributed by atoms with Gasteiger partial charge in [0.2, 0.25) is 0 Å². The van der Waals surface area contributed by atoms with Gasteiger partial charge < -0.3 is 4.74 Å². The number of methoxy groups -OCH3 is 1.